The number of aromatic amines is 1. The van der Waals surface area contributed by atoms with Crippen molar-refractivity contribution in [2.24, 2.45) is 23.5 Å². The van der Waals surface area contributed by atoms with Gasteiger partial charge in [-0.05, 0) is 85.8 Å². The number of primary amides is 1. The minimum atomic E-state index is -0.859. The van der Waals surface area contributed by atoms with Crippen molar-refractivity contribution in [1.82, 2.24) is 30.8 Å². The monoisotopic (exact) mass is 1180 g/mol. The largest absolute Gasteiger partial charge is 0.379 e. The number of ketones is 1. The van der Waals surface area contributed by atoms with E-state index in [1.54, 1.807) is 44.2 Å². The number of hydrogen-bond acceptors (Lipinski definition) is 13. The van der Waals surface area contributed by atoms with Gasteiger partial charge in [-0.1, -0.05) is 54.8 Å². The molecule has 3 aromatic carbocycles. The van der Waals surface area contributed by atoms with Crippen molar-refractivity contribution in [3.63, 3.8) is 0 Å². The smallest absolute Gasteiger partial charge is 0.312 e. The average Bonchev–Trinajstić information content (AvgIpc) is 3.68. The predicted molar refractivity (Wildman–Crippen MR) is 307 cm³/mol. The third-order valence-electron chi connectivity index (χ3n) is 13.4. The van der Waals surface area contributed by atoms with Gasteiger partial charge in [0.1, 0.15) is 5.82 Å². The number of anilines is 2. The maximum atomic E-state index is 13.8. The molecule has 0 bridgehead atoms. The number of urea groups is 1. The summed E-state index contributed by atoms with van der Waals surface area (Å²) in [6.07, 6.45) is 10.3. The van der Waals surface area contributed by atoms with E-state index in [0.717, 1.165) is 26.9 Å². The van der Waals surface area contributed by atoms with E-state index in [1.165, 1.54) is 4.90 Å². The van der Waals surface area contributed by atoms with Crippen LogP contribution in [-0.2, 0) is 57.8 Å². The molecule has 3 atom stereocenters. The number of imide groups is 1. The zero-order valence-electron chi connectivity index (χ0n) is 46.2. The van der Waals surface area contributed by atoms with Crippen LogP contribution in [0.25, 0.3) is 10.9 Å². The van der Waals surface area contributed by atoms with Gasteiger partial charge in [0.2, 0.25) is 23.6 Å². The lowest BCUT2D eigenvalue weighted by molar-refractivity contribution is -0.688. The zero-order chi connectivity index (χ0) is 58.4. The summed E-state index contributed by atoms with van der Waals surface area (Å²) in [5, 5.41) is 11.7. The number of nitrogens with one attached hydrogen (secondary N) is 5. The van der Waals surface area contributed by atoms with Crippen molar-refractivity contribution in [3.8, 4) is 12.3 Å². The van der Waals surface area contributed by atoms with Gasteiger partial charge in [-0.3, -0.25) is 38.5 Å². The third-order valence-corrected chi connectivity index (χ3v) is 14.2. The first kappa shape index (κ1) is 62.4. The number of rotatable bonds is 32. The van der Waals surface area contributed by atoms with Gasteiger partial charge in [-0.15, -0.1) is 6.42 Å². The van der Waals surface area contributed by atoms with Crippen molar-refractivity contribution in [1.29, 1.82) is 0 Å². The standard InChI is InChI=1S/C59H71BrN10O11/c1-6-21-69(37-45-31-48-50(33-49(45)60)64-40(5)65-57(48)76)47-17-13-43(14-18-47)55(74)63-34-42-9-8-22-68(36-42)35-41-11-15-46(16-12-41)66-56(75)44(10-7-20-62-59(61)78)32-51(71)54(38(2)3)67-52(72)19-24-79-26-28-81-29-27-80-25-23-70-53(73)30-39(4)58(70)77/h1,8-9,11-18,22,31,33,36,38-39,44,54H,7,10,19-21,23-30,32,34-35,37H2,2-5H3,(H6-,61,62,63,64,65,66,67,72,74,75,76,78)/p+1/t39?,44-,54+/m1/s1. The van der Waals surface area contributed by atoms with Gasteiger partial charge >= 0.3 is 6.03 Å². The quantitative estimate of drug-likeness (QED) is 0.0146. The highest BCUT2D eigenvalue weighted by atomic mass is 79.9. The van der Waals surface area contributed by atoms with Crippen molar-refractivity contribution in [3.05, 3.63) is 128 Å². The van der Waals surface area contributed by atoms with Gasteiger partial charge in [0.15, 0.2) is 24.7 Å². The van der Waals surface area contributed by atoms with Gasteiger partial charge in [0.05, 0.1) is 69.7 Å². The lowest BCUT2D eigenvalue weighted by atomic mass is 9.89. The number of benzene rings is 3. The number of hydrogen-bond donors (Lipinski definition) is 6. The number of nitrogens with two attached hydrogens (primary N) is 1. The molecule has 0 spiro atoms. The first-order valence-electron chi connectivity index (χ1n) is 26.9. The van der Waals surface area contributed by atoms with Gasteiger partial charge in [0.25, 0.3) is 11.5 Å². The second kappa shape index (κ2) is 31.2. The van der Waals surface area contributed by atoms with Crippen LogP contribution in [0.5, 0.6) is 0 Å². The van der Waals surface area contributed by atoms with E-state index in [1.807, 2.05) is 78.2 Å². The van der Waals surface area contributed by atoms with Gasteiger partial charge in [0, 0.05) is 89.3 Å². The number of halogens is 1. The molecule has 22 heteroatoms. The van der Waals surface area contributed by atoms with Crippen LogP contribution in [0.1, 0.15) is 85.7 Å². The molecule has 1 saturated heterocycles. The fourth-order valence-corrected chi connectivity index (χ4v) is 9.56. The highest BCUT2D eigenvalue weighted by molar-refractivity contribution is 9.10. The van der Waals surface area contributed by atoms with Gasteiger partial charge in [-0.25, -0.2) is 14.3 Å². The van der Waals surface area contributed by atoms with Crippen LogP contribution in [0.4, 0.5) is 16.2 Å². The fraction of sp³-hybridized carbons (Fsp3) is 0.424. The van der Waals surface area contributed by atoms with Crippen LogP contribution in [0.2, 0.25) is 0 Å². The maximum absolute atomic E-state index is 13.8. The number of ether oxygens (including phenoxy) is 3. The molecule has 5 aromatic rings. The lowest BCUT2D eigenvalue weighted by Crippen LogP contribution is -2.45. The first-order valence-corrected chi connectivity index (χ1v) is 27.7. The summed E-state index contributed by atoms with van der Waals surface area (Å²) in [5.41, 5.74) is 10.1. The van der Waals surface area contributed by atoms with E-state index in [0.29, 0.717) is 54.0 Å². The van der Waals surface area contributed by atoms with E-state index in [-0.39, 0.29) is 138 Å². The van der Waals surface area contributed by atoms with Crippen LogP contribution in [-0.4, -0.2) is 122 Å². The lowest BCUT2D eigenvalue weighted by Gasteiger charge is -2.24. The second-order valence-electron chi connectivity index (χ2n) is 20.1. The van der Waals surface area contributed by atoms with Crippen molar-refractivity contribution in [2.45, 2.75) is 85.5 Å². The number of fused-ring (bicyclic) bond motifs is 1. The SMILES string of the molecule is C#CCN(Cc1cc2c(=O)[nH]c(C)nc2cc1Br)c1ccc(C(=O)NCc2ccc[n+](Cc3ccc(NC(=O)[C@H](CCCNC(N)=O)CC(=O)[C@@H](NC(=O)CCOCCOCCOCCN4C(=O)CC(C)C4=O)C(C)C)cc3)c2)cc1. The molecule has 21 nitrogen and oxygen atoms in total. The Balaban J connectivity index is 0.939. The normalized spacial score (nSPS) is 13.9. The summed E-state index contributed by atoms with van der Waals surface area (Å²) in [6.45, 7) is 10.3. The van der Waals surface area contributed by atoms with Crippen molar-refractivity contribution < 1.29 is 52.3 Å². The van der Waals surface area contributed by atoms with E-state index in [4.69, 9.17) is 26.4 Å². The Hall–Kier alpha value is -7.84. The van der Waals surface area contributed by atoms with Crippen LogP contribution in [0.15, 0.2) is 94.5 Å². The number of aromatic nitrogens is 3. The van der Waals surface area contributed by atoms with Gasteiger partial charge in [-0.2, -0.15) is 0 Å². The molecule has 1 fully saturated rings. The number of likely N-dealkylation sites (tertiary alicyclic amines) is 1. The fourth-order valence-electron chi connectivity index (χ4n) is 9.10. The Morgan fingerprint density at radius 2 is 1.64 bits per heavy atom. The number of pyridine rings is 1. The van der Waals surface area contributed by atoms with Crippen LogP contribution in [0.3, 0.4) is 0 Å². The highest BCUT2D eigenvalue weighted by Crippen LogP contribution is 2.27. The number of carbonyl (C=O) groups excluding carboxylic acids is 7. The molecule has 6 rings (SSSR count). The summed E-state index contributed by atoms with van der Waals surface area (Å²) in [6, 6.07) is 20.4. The van der Waals surface area contributed by atoms with Crippen molar-refractivity contribution in [2.75, 3.05) is 69.5 Å². The zero-order valence-corrected chi connectivity index (χ0v) is 47.8. The molecule has 1 unspecified atom stereocenters. The molecule has 1 aliphatic heterocycles. The molecular weight excluding hydrogens is 1100 g/mol. The summed E-state index contributed by atoms with van der Waals surface area (Å²) < 4.78 is 19.3. The molecule has 1 aliphatic rings. The Kier molecular flexibility index (Phi) is 24.0. The summed E-state index contributed by atoms with van der Waals surface area (Å²) in [5.74, 6) is 0.176. The third kappa shape index (κ3) is 19.4. The Morgan fingerprint density at radius 1 is 0.938 bits per heavy atom. The molecular formula is C59H72BrN10O11+. The molecule has 7 N–H and O–H groups in total. The predicted octanol–water partition coefficient (Wildman–Crippen LogP) is 4.84. The summed E-state index contributed by atoms with van der Waals surface area (Å²) in [7, 11) is 0. The molecule has 3 heterocycles. The molecule has 0 saturated carbocycles. The Morgan fingerprint density at radius 3 is 2.31 bits per heavy atom. The minimum absolute atomic E-state index is 0.00180. The number of amides is 7. The summed E-state index contributed by atoms with van der Waals surface area (Å²) in [4.78, 5) is 112. The molecule has 81 heavy (non-hydrogen) atoms. The highest BCUT2D eigenvalue weighted by Gasteiger charge is 2.35. The van der Waals surface area contributed by atoms with E-state index in [2.05, 4.69) is 53.1 Å². The van der Waals surface area contributed by atoms with Crippen LogP contribution in [0, 0.1) is 37.0 Å². The van der Waals surface area contributed by atoms with E-state index in [9.17, 15) is 38.4 Å². The Bertz CT molecular complexity index is 3110. The maximum Gasteiger partial charge on any atom is 0.312 e. The second-order valence-corrected chi connectivity index (χ2v) is 21.0. The number of Topliss-reactive ketones (excluding diaryl/α,β-unsaturated/α-hetero) is 1. The van der Waals surface area contributed by atoms with Gasteiger partial charge < -0.3 is 51.1 Å². The number of terminal acetylenes is 1. The topological polar surface area (TPSA) is 277 Å². The molecule has 0 radical (unpaired) electrons. The average molecular weight is 1180 g/mol. The minimum Gasteiger partial charge on any atom is -0.379 e. The molecule has 2 aromatic heterocycles. The van der Waals surface area contributed by atoms with Crippen LogP contribution >= 0.6 is 15.9 Å². The first-order chi connectivity index (χ1) is 38.9. The number of nitrogens with zero attached hydrogens (tertiary/aromatic N) is 4. The Labute approximate surface area is 479 Å². The molecule has 0 aliphatic carbocycles. The number of carbonyl (C=O) groups is 7. The van der Waals surface area contributed by atoms with E-state index >= 15 is 0 Å². The molecule has 430 valence electrons. The molecule has 7 amide bonds. The number of aryl methyl sites for hydroxylation is 1. The van der Waals surface area contributed by atoms with E-state index < -0.39 is 18.0 Å². The van der Waals surface area contributed by atoms with Crippen LogP contribution < -0.4 is 42.0 Å². The summed E-state index contributed by atoms with van der Waals surface area (Å²) >= 11 is 3.63. The number of H-pyrrole nitrogens is 1. The van der Waals surface area contributed by atoms with Crippen molar-refractivity contribution >= 4 is 79.6 Å².